The fraction of sp³-hybridized carbons (Fsp3) is 0.571. The standard InChI is InChI=1S/C14H17N5O2S/c1-20-11-6-15-13(16-7-11)21-10-4-5-19(8-10)14-17-12(18-22-14)9-2-3-9/h6-7,9-10H,2-5,8H2,1H3. The molecule has 4 rings (SSSR count). The number of nitrogens with zero attached hydrogens (tertiary/aromatic N) is 5. The highest BCUT2D eigenvalue weighted by Crippen LogP contribution is 2.40. The monoisotopic (exact) mass is 319 g/mol. The maximum Gasteiger partial charge on any atom is 0.316 e. The van der Waals surface area contributed by atoms with E-state index in [1.807, 2.05) is 0 Å². The smallest absolute Gasteiger partial charge is 0.316 e. The Bertz CT molecular complexity index is 643. The van der Waals surface area contributed by atoms with Crippen LogP contribution in [-0.2, 0) is 0 Å². The molecule has 0 bridgehead atoms. The van der Waals surface area contributed by atoms with Crippen LogP contribution < -0.4 is 14.4 Å². The van der Waals surface area contributed by atoms with E-state index < -0.39 is 0 Å². The summed E-state index contributed by atoms with van der Waals surface area (Å²) in [4.78, 5) is 15.2. The zero-order chi connectivity index (χ0) is 14.9. The molecule has 7 nitrogen and oxygen atoms in total. The van der Waals surface area contributed by atoms with Gasteiger partial charge >= 0.3 is 6.01 Å². The van der Waals surface area contributed by atoms with Crippen molar-refractivity contribution in [2.45, 2.75) is 31.3 Å². The van der Waals surface area contributed by atoms with Crippen LogP contribution in [0.4, 0.5) is 5.13 Å². The molecular weight excluding hydrogens is 302 g/mol. The Morgan fingerprint density at radius 1 is 1.23 bits per heavy atom. The normalized spacial score (nSPS) is 21.1. The van der Waals surface area contributed by atoms with Gasteiger partial charge in [-0.15, -0.1) is 0 Å². The lowest BCUT2D eigenvalue weighted by Gasteiger charge is -2.14. The van der Waals surface area contributed by atoms with Crippen LogP contribution in [0.2, 0.25) is 0 Å². The van der Waals surface area contributed by atoms with E-state index in [0.29, 0.717) is 17.7 Å². The molecule has 1 unspecified atom stereocenters. The minimum Gasteiger partial charge on any atom is -0.494 e. The van der Waals surface area contributed by atoms with Gasteiger partial charge in [0.25, 0.3) is 0 Å². The van der Waals surface area contributed by atoms with Gasteiger partial charge in [0, 0.05) is 30.4 Å². The first kappa shape index (κ1) is 13.7. The Labute approximate surface area is 132 Å². The molecule has 116 valence electrons. The number of rotatable bonds is 5. The van der Waals surface area contributed by atoms with Crippen molar-refractivity contribution in [3.8, 4) is 11.8 Å². The van der Waals surface area contributed by atoms with E-state index in [1.54, 1.807) is 19.5 Å². The predicted octanol–water partition coefficient (Wildman–Crippen LogP) is 1.87. The quantitative estimate of drug-likeness (QED) is 0.833. The van der Waals surface area contributed by atoms with Crippen LogP contribution in [-0.4, -0.2) is 45.6 Å². The third-order valence-electron chi connectivity index (χ3n) is 3.90. The fourth-order valence-electron chi connectivity index (χ4n) is 2.48. The SMILES string of the molecule is COc1cnc(OC2CCN(c3nc(C4CC4)ns3)C2)nc1. The molecule has 1 aliphatic carbocycles. The molecule has 0 N–H and O–H groups in total. The van der Waals surface area contributed by atoms with Gasteiger partial charge in [-0.2, -0.15) is 14.3 Å². The van der Waals surface area contributed by atoms with Crippen LogP contribution in [0.25, 0.3) is 0 Å². The number of hydrogen-bond donors (Lipinski definition) is 0. The van der Waals surface area contributed by atoms with Gasteiger partial charge in [-0.05, 0) is 12.8 Å². The summed E-state index contributed by atoms with van der Waals surface area (Å²) in [5.41, 5.74) is 0. The van der Waals surface area contributed by atoms with Crippen molar-refractivity contribution in [3.63, 3.8) is 0 Å². The maximum atomic E-state index is 5.83. The molecule has 22 heavy (non-hydrogen) atoms. The number of methoxy groups -OCH3 is 1. The van der Waals surface area contributed by atoms with Gasteiger partial charge in [-0.3, -0.25) is 0 Å². The highest BCUT2D eigenvalue weighted by atomic mass is 32.1. The highest BCUT2D eigenvalue weighted by molar-refractivity contribution is 7.09. The minimum absolute atomic E-state index is 0.0849. The molecule has 2 aromatic heterocycles. The summed E-state index contributed by atoms with van der Waals surface area (Å²) in [5, 5.41) is 1.00. The van der Waals surface area contributed by atoms with Crippen molar-refractivity contribution in [1.82, 2.24) is 19.3 Å². The summed E-state index contributed by atoms with van der Waals surface area (Å²) in [6, 6.07) is 0.392. The fourth-order valence-corrected chi connectivity index (χ4v) is 3.26. The predicted molar refractivity (Wildman–Crippen MR) is 81.7 cm³/mol. The van der Waals surface area contributed by atoms with Crippen molar-refractivity contribution in [2.24, 2.45) is 0 Å². The van der Waals surface area contributed by atoms with Gasteiger partial charge in [0.1, 0.15) is 11.9 Å². The molecule has 2 aromatic rings. The molecule has 1 aliphatic heterocycles. The third-order valence-corrected chi connectivity index (χ3v) is 4.69. The van der Waals surface area contributed by atoms with Gasteiger partial charge in [0.15, 0.2) is 5.75 Å². The van der Waals surface area contributed by atoms with Crippen LogP contribution in [0.5, 0.6) is 11.8 Å². The van der Waals surface area contributed by atoms with Gasteiger partial charge in [0.2, 0.25) is 5.13 Å². The van der Waals surface area contributed by atoms with Crippen molar-refractivity contribution in [2.75, 3.05) is 25.1 Å². The lowest BCUT2D eigenvalue weighted by atomic mass is 10.3. The largest absolute Gasteiger partial charge is 0.494 e. The van der Waals surface area contributed by atoms with E-state index in [-0.39, 0.29) is 6.10 Å². The first-order chi connectivity index (χ1) is 10.8. The first-order valence-corrected chi connectivity index (χ1v) is 8.20. The van der Waals surface area contributed by atoms with Crippen molar-refractivity contribution in [3.05, 3.63) is 18.2 Å². The molecule has 0 spiro atoms. The topological polar surface area (TPSA) is 73.3 Å². The Balaban J connectivity index is 1.36. The number of anilines is 1. The number of ether oxygens (including phenoxy) is 2. The van der Waals surface area contributed by atoms with Gasteiger partial charge in [-0.1, -0.05) is 0 Å². The third kappa shape index (κ3) is 2.83. The molecular formula is C14H17N5O2S. The second kappa shape index (κ2) is 5.68. The Hall–Kier alpha value is -1.96. The molecule has 2 aliphatic rings. The van der Waals surface area contributed by atoms with E-state index in [1.165, 1.54) is 24.4 Å². The lowest BCUT2D eigenvalue weighted by Crippen LogP contribution is -2.25. The second-order valence-electron chi connectivity index (χ2n) is 5.59. The van der Waals surface area contributed by atoms with Gasteiger partial charge < -0.3 is 14.4 Å². The van der Waals surface area contributed by atoms with E-state index in [4.69, 9.17) is 9.47 Å². The molecule has 3 heterocycles. The Morgan fingerprint density at radius 3 is 2.77 bits per heavy atom. The zero-order valence-electron chi connectivity index (χ0n) is 12.3. The Kier molecular flexibility index (Phi) is 3.53. The first-order valence-electron chi connectivity index (χ1n) is 7.43. The number of aromatic nitrogens is 4. The summed E-state index contributed by atoms with van der Waals surface area (Å²) in [5.74, 6) is 2.25. The van der Waals surface area contributed by atoms with Crippen molar-refractivity contribution in [1.29, 1.82) is 0 Å². The molecule has 0 amide bonds. The molecule has 0 radical (unpaired) electrons. The summed E-state index contributed by atoms with van der Waals surface area (Å²) in [6.45, 7) is 1.73. The van der Waals surface area contributed by atoms with E-state index in [2.05, 4.69) is 24.2 Å². The molecule has 1 saturated carbocycles. The van der Waals surface area contributed by atoms with Crippen molar-refractivity contribution < 1.29 is 9.47 Å². The van der Waals surface area contributed by atoms with Gasteiger partial charge in [0.05, 0.1) is 26.0 Å². The van der Waals surface area contributed by atoms with E-state index in [9.17, 15) is 0 Å². The van der Waals surface area contributed by atoms with Crippen LogP contribution in [0.15, 0.2) is 12.4 Å². The average Bonchev–Trinajstić information content (AvgIpc) is 3.10. The zero-order valence-corrected chi connectivity index (χ0v) is 13.1. The van der Waals surface area contributed by atoms with Crippen LogP contribution in [0.1, 0.15) is 31.0 Å². The summed E-state index contributed by atoms with van der Waals surface area (Å²) in [6.07, 6.45) is 6.71. The summed E-state index contributed by atoms with van der Waals surface area (Å²) >= 11 is 1.49. The summed E-state index contributed by atoms with van der Waals surface area (Å²) in [7, 11) is 1.59. The number of hydrogen-bond acceptors (Lipinski definition) is 8. The van der Waals surface area contributed by atoms with Crippen LogP contribution >= 0.6 is 11.5 Å². The Morgan fingerprint density at radius 2 is 2.05 bits per heavy atom. The van der Waals surface area contributed by atoms with E-state index >= 15 is 0 Å². The van der Waals surface area contributed by atoms with Crippen molar-refractivity contribution >= 4 is 16.7 Å². The van der Waals surface area contributed by atoms with Gasteiger partial charge in [-0.25, -0.2) is 4.98 Å². The minimum atomic E-state index is 0.0849. The molecule has 1 atom stereocenters. The lowest BCUT2D eigenvalue weighted by molar-refractivity contribution is 0.205. The summed E-state index contributed by atoms with van der Waals surface area (Å²) < 4.78 is 15.3. The van der Waals surface area contributed by atoms with Crippen LogP contribution in [0, 0.1) is 0 Å². The molecule has 2 fully saturated rings. The van der Waals surface area contributed by atoms with Crippen LogP contribution in [0.3, 0.4) is 0 Å². The highest BCUT2D eigenvalue weighted by Gasteiger charge is 2.31. The molecule has 0 aromatic carbocycles. The molecule has 8 heteroatoms. The van der Waals surface area contributed by atoms with E-state index in [0.717, 1.165) is 30.5 Å². The second-order valence-corrected chi connectivity index (χ2v) is 6.32. The maximum absolute atomic E-state index is 5.83. The average molecular weight is 319 g/mol. The molecule has 1 saturated heterocycles.